The zero-order valence-corrected chi connectivity index (χ0v) is 5.23. The maximum Gasteiger partial charge on any atom is 0.315 e. The molecular formula is C4H5ClN2O2. The van der Waals surface area contributed by atoms with Crippen molar-refractivity contribution in [1.82, 2.24) is 10.6 Å². The van der Waals surface area contributed by atoms with Crippen molar-refractivity contribution in [3.05, 3.63) is 0 Å². The average Bonchev–Trinajstić information content (AvgIpc) is 2.14. The van der Waals surface area contributed by atoms with Crippen molar-refractivity contribution < 1.29 is 9.59 Å². The van der Waals surface area contributed by atoms with E-state index in [0.717, 1.165) is 0 Å². The Morgan fingerprint density at radius 3 is 2.67 bits per heavy atom. The number of nitrogens with one attached hydrogen (secondary N) is 2. The third kappa shape index (κ3) is 1.32. The Morgan fingerprint density at radius 1 is 1.78 bits per heavy atom. The number of hydrogen-bond acceptors (Lipinski definition) is 2. The molecule has 0 aromatic carbocycles. The maximum atomic E-state index is 10.3. The van der Waals surface area contributed by atoms with E-state index in [1.165, 1.54) is 0 Å². The second-order valence-electron chi connectivity index (χ2n) is 1.71. The van der Waals surface area contributed by atoms with Gasteiger partial charge in [0.1, 0.15) is 6.04 Å². The molecule has 9 heavy (non-hydrogen) atoms. The molecule has 50 valence electrons. The molecule has 1 aliphatic rings. The molecule has 2 N–H and O–H groups in total. The largest absolute Gasteiger partial charge is 0.336 e. The Bertz CT molecular complexity index is 159. The molecule has 1 heterocycles. The highest BCUT2D eigenvalue weighted by atomic mass is 35.5. The maximum absolute atomic E-state index is 10.3. The molecule has 5 heteroatoms. The van der Waals surface area contributed by atoms with E-state index in [1.54, 1.807) is 0 Å². The quantitative estimate of drug-likeness (QED) is 0.490. The van der Waals surface area contributed by atoms with Crippen LogP contribution in [0.5, 0.6) is 0 Å². The van der Waals surface area contributed by atoms with Crippen molar-refractivity contribution in [2.45, 2.75) is 6.04 Å². The van der Waals surface area contributed by atoms with Crippen LogP contribution >= 0.6 is 11.6 Å². The normalized spacial score (nSPS) is 25.0. The highest BCUT2D eigenvalue weighted by Gasteiger charge is 2.24. The summed E-state index contributed by atoms with van der Waals surface area (Å²) in [7, 11) is 0. The molecule has 0 aromatic rings. The molecule has 1 atom stereocenters. The molecule has 1 unspecified atom stereocenters. The van der Waals surface area contributed by atoms with Gasteiger partial charge in [-0.25, -0.2) is 4.79 Å². The lowest BCUT2D eigenvalue weighted by molar-refractivity contribution is -0.112. The minimum atomic E-state index is -0.542. The van der Waals surface area contributed by atoms with Crippen LogP contribution in [0.1, 0.15) is 0 Å². The van der Waals surface area contributed by atoms with Crippen LogP contribution in [0.3, 0.4) is 0 Å². The first-order valence-corrected chi connectivity index (χ1v) is 2.81. The van der Waals surface area contributed by atoms with Crippen molar-refractivity contribution in [3.8, 4) is 0 Å². The highest BCUT2D eigenvalue weighted by Crippen LogP contribution is 1.94. The fourth-order valence-corrected chi connectivity index (χ4v) is 0.724. The lowest BCUT2D eigenvalue weighted by Crippen LogP contribution is -2.31. The van der Waals surface area contributed by atoms with Gasteiger partial charge in [-0.3, -0.25) is 4.79 Å². The third-order valence-corrected chi connectivity index (χ3v) is 1.31. The van der Waals surface area contributed by atoms with Gasteiger partial charge >= 0.3 is 6.03 Å². The average molecular weight is 149 g/mol. The molecule has 1 fully saturated rings. The van der Waals surface area contributed by atoms with Gasteiger partial charge < -0.3 is 10.6 Å². The summed E-state index contributed by atoms with van der Waals surface area (Å²) < 4.78 is 0. The number of rotatable bonds is 1. The SMILES string of the molecule is O=C1NCC(C(=O)Cl)N1. The van der Waals surface area contributed by atoms with Gasteiger partial charge in [0.15, 0.2) is 0 Å². The van der Waals surface area contributed by atoms with Gasteiger partial charge in [0.05, 0.1) is 0 Å². The lowest BCUT2D eigenvalue weighted by atomic mass is 10.4. The van der Waals surface area contributed by atoms with Gasteiger partial charge in [-0.15, -0.1) is 0 Å². The Balaban J connectivity index is 2.48. The summed E-state index contributed by atoms with van der Waals surface area (Å²) >= 11 is 5.06. The van der Waals surface area contributed by atoms with E-state index < -0.39 is 11.3 Å². The first-order valence-electron chi connectivity index (χ1n) is 2.44. The molecule has 0 saturated carbocycles. The topological polar surface area (TPSA) is 58.2 Å². The fourth-order valence-electron chi connectivity index (χ4n) is 0.592. The Kier molecular flexibility index (Phi) is 1.57. The molecule has 0 spiro atoms. The van der Waals surface area contributed by atoms with Crippen LogP contribution in [-0.4, -0.2) is 23.9 Å². The molecule has 0 radical (unpaired) electrons. The van der Waals surface area contributed by atoms with E-state index in [4.69, 9.17) is 11.6 Å². The van der Waals surface area contributed by atoms with Crippen LogP contribution in [0.2, 0.25) is 0 Å². The molecular weight excluding hydrogens is 144 g/mol. The van der Waals surface area contributed by atoms with E-state index in [2.05, 4.69) is 10.6 Å². The van der Waals surface area contributed by atoms with Gasteiger partial charge in [0, 0.05) is 6.54 Å². The number of carbonyl (C=O) groups is 2. The van der Waals surface area contributed by atoms with Crippen LogP contribution in [0.25, 0.3) is 0 Å². The van der Waals surface area contributed by atoms with Gasteiger partial charge in [0.25, 0.3) is 0 Å². The summed E-state index contributed by atoms with van der Waals surface area (Å²) in [6.45, 7) is 0.293. The summed E-state index contributed by atoms with van der Waals surface area (Å²) in [5.41, 5.74) is 0. The summed E-state index contributed by atoms with van der Waals surface area (Å²) in [5, 5.41) is 4.18. The molecule has 1 rings (SSSR count). The van der Waals surface area contributed by atoms with E-state index in [-0.39, 0.29) is 6.03 Å². The minimum Gasteiger partial charge on any atom is -0.336 e. The number of urea groups is 1. The molecule has 1 aliphatic heterocycles. The third-order valence-electron chi connectivity index (χ3n) is 1.05. The molecule has 0 aliphatic carbocycles. The summed E-state index contributed by atoms with van der Waals surface area (Å²) in [4.78, 5) is 20.6. The highest BCUT2D eigenvalue weighted by molar-refractivity contribution is 6.65. The Morgan fingerprint density at radius 2 is 2.44 bits per heavy atom. The minimum absolute atomic E-state index is 0.293. The van der Waals surface area contributed by atoms with Crippen molar-refractivity contribution >= 4 is 22.9 Å². The molecule has 0 aromatic heterocycles. The summed E-state index contributed by atoms with van der Waals surface area (Å²) in [6.07, 6.45) is 0. The summed E-state index contributed by atoms with van der Waals surface area (Å²) in [5.74, 6) is 0. The Hall–Kier alpha value is -0.770. The Labute approximate surface area is 56.6 Å². The van der Waals surface area contributed by atoms with Crippen LogP contribution in [0.4, 0.5) is 4.79 Å². The van der Waals surface area contributed by atoms with E-state index in [1.807, 2.05) is 0 Å². The zero-order valence-electron chi connectivity index (χ0n) is 4.48. The van der Waals surface area contributed by atoms with Gasteiger partial charge in [-0.05, 0) is 11.6 Å². The molecule has 2 amide bonds. The van der Waals surface area contributed by atoms with Crippen molar-refractivity contribution in [3.63, 3.8) is 0 Å². The van der Waals surface area contributed by atoms with Crippen molar-refractivity contribution in [2.24, 2.45) is 0 Å². The van der Waals surface area contributed by atoms with Crippen LogP contribution in [-0.2, 0) is 4.79 Å². The number of hydrogen-bond donors (Lipinski definition) is 2. The lowest BCUT2D eigenvalue weighted by Gasteiger charge is -1.97. The monoisotopic (exact) mass is 148 g/mol. The molecule has 1 saturated heterocycles. The van der Waals surface area contributed by atoms with Gasteiger partial charge in [-0.1, -0.05) is 0 Å². The van der Waals surface area contributed by atoms with Gasteiger partial charge in [-0.2, -0.15) is 0 Å². The second-order valence-corrected chi connectivity index (χ2v) is 2.08. The second kappa shape index (κ2) is 2.23. The fraction of sp³-hybridized carbons (Fsp3) is 0.500. The van der Waals surface area contributed by atoms with Gasteiger partial charge in [0.2, 0.25) is 5.24 Å². The first-order chi connectivity index (χ1) is 4.20. The number of amides is 2. The van der Waals surface area contributed by atoms with E-state index >= 15 is 0 Å². The smallest absolute Gasteiger partial charge is 0.315 e. The van der Waals surface area contributed by atoms with Crippen LogP contribution < -0.4 is 10.6 Å². The number of carbonyl (C=O) groups excluding carboxylic acids is 2. The standard InChI is InChI=1S/C4H5ClN2O2/c5-3(8)2-1-6-4(9)7-2/h2H,1H2,(H2,6,7,9). The van der Waals surface area contributed by atoms with Crippen LogP contribution in [0.15, 0.2) is 0 Å². The summed E-state index contributed by atoms with van der Waals surface area (Å²) in [6, 6.07) is -0.881. The van der Waals surface area contributed by atoms with Crippen molar-refractivity contribution in [2.75, 3.05) is 6.54 Å². The van der Waals surface area contributed by atoms with E-state index in [9.17, 15) is 9.59 Å². The van der Waals surface area contributed by atoms with E-state index in [0.29, 0.717) is 6.54 Å². The molecule has 4 nitrogen and oxygen atoms in total. The first kappa shape index (κ1) is 6.35. The molecule has 0 bridgehead atoms. The number of halogens is 1. The van der Waals surface area contributed by atoms with Crippen molar-refractivity contribution in [1.29, 1.82) is 0 Å². The predicted molar refractivity (Wildman–Crippen MR) is 31.2 cm³/mol. The van der Waals surface area contributed by atoms with Crippen LogP contribution in [0, 0.1) is 0 Å². The predicted octanol–water partition coefficient (Wildman–Crippen LogP) is -0.567. The zero-order chi connectivity index (χ0) is 6.85.